The van der Waals surface area contributed by atoms with Crippen molar-refractivity contribution in [3.8, 4) is 11.5 Å². The lowest BCUT2D eigenvalue weighted by Gasteiger charge is -2.25. The van der Waals surface area contributed by atoms with Crippen LogP contribution in [0.25, 0.3) is 0 Å². The van der Waals surface area contributed by atoms with Gasteiger partial charge >= 0.3 is 0 Å². The number of fused-ring (bicyclic) bond motifs is 1. The minimum absolute atomic E-state index is 0.292. The molecule has 0 aliphatic carbocycles. The third kappa shape index (κ3) is 6.87. The van der Waals surface area contributed by atoms with Crippen molar-refractivity contribution >= 4 is 45.7 Å². The molecule has 0 atom stereocenters. The normalized spacial score (nSPS) is 14.8. The average Bonchev–Trinajstić information content (AvgIpc) is 2.78. The summed E-state index contributed by atoms with van der Waals surface area (Å²) in [6.07, 6.45) is 2.20. The lowest BCUT2D eigenvalue weighted by Crippen LogP contribution is -2.26. The lowest BCUT2D eigenvalue weighted by molar-refractivity contribution is -0.111. The van der Waals surface area contributed by atoms with Crippen LogP contribution in [0.1, 0.15) is 25.0 Å². The molecular formula is C25H28ClN3O3S. The molecule has 1 N–H and O–H groups in total. The van der Waals surface area contributed by atoms with Gasteiger partial charge in [0.1, 0.15) is 17.2 Å². The molecule has 1 amide bonds. The Morgan fingerprint density at radius 2 is 2.06 bits per heavy atom. The zero-order chi connectivity index (χ0) is 24.0. The number of benzene rings is 2. The van der Waals surface area contributed by atoms with E-state index in [-0.39, 0.29) is 5.91 Å². The monoisotopic (exact) mass is 485 g/mol. The van der Waals surface area contributed by atoms with Gasteiger partial charge in [0.25, 0.3) is 0 Å². The number of thioether (sulfide) groups is 1. The molecular weight excluding hydrogens is 458 g/mol. The Labute approximate surface area is 204 Å². The molecule has 174 valence electrons. The standard InChI is InChI=1S/C25H28ClN3O3S/c1-6-24(30)28-20-8-7-9-21(14-20)32-25(16(2)26)33-17(3)27-22-12-18-10-11-29(4)15-19(18)13-23(22)31-5/h6-9,12-14H,1,10-11,15H2,2-5H3,(H,28,30). The number of carbonyl (C=O) groups excluding carboxylic acids is 1. The fourth-order valence-corrected chi connectivity index (χ4v) is 4.24. The quantitative estimate of drug-likeness (QED) is 0.222. The summed E-state index contributed by atoms with van der Waals surface area (Å²) in [6.45, 7) is 9.05. The second-order valence-electron chi connectivity index (χ2n) is 7.66. The van der Waals surface area contributed by atoms with E-state index in [0.29, 0.717) is 21.6 Å². The summed E-state index contributed by atoms with van der Waals surface area (Å²) >= 11 is 7.65. The summed E-state index contributed by atoms with van der Waals surface area (Å²) in [5.74, 6) is 0.991. The second kappa shape index (κ2) is 11.4. The van der Waals surface area contributed by atoms with Crippen LogP contribution in [0.3, 0.4) is 0 Å². The molecule has 0 saturated carbocycles. The number of likely N-dealkylation sites (N-methyl/N-ethyl adjacent to an activating group) is 1. The first-order valence-electron chi connectivity index (χ1n) is 10.5. The molecule has 0 saturated heterocycles. The maximum Gasteiger partial charge on any atom is 0.247 e. The van der Waals surface area contributed by atoms with Gasteiger partial charge in [0, 0.05) is 24.8 Å². The number of aliphatic imine (C=N–C) groups is 1. The molecule has 3 rings (SSSR count). The first kappa shape index (κ1) is 24.9. The smallest absolute Gasteiger partial charge is 0.247 e. The predicted octanol–water partition coefficient (Wildman–Crippen LogP) is 6.10. The molecule has 6 nitrogen and oxygen atoms in total. The number of rotatable bonds is 7. The minimum atomic E-state index is -0.292. The van der Waals surface area contributed by atoms with Crippen molar-refractivity contribution in [3.63, 3.8) is 0 Å². The number of halogens is 1. The van der Waals surface area contributed by atoms with E-state index in [0.717, 1.165) is 36.0 Å². The van der Waals surface area contributed by atoms with Crippen LogP contribution in [0.4, 0.5) is 11.4 Å². The van der Waals surface area contributed by atoms with Gasteiger partial charge in [-0.15, -0.1) is 0 Å². The van der Waals surface area contributed by atoms with Gasteiger partial charge in [-0.05, 0) is 80.5 Å². The van der Waals surface area contributed by atoms with Crippen LogP contribution in [-0.4, -0.2) is 36.6 Å². The van der Waals surface area contributed by atoms with Crippen molar-refractivity contribution in [2.24, 2.45) is 4.99 Å². The van der Waals surface area contributed by atoms with E-state index in [1.165, 1.54) is 29.0 Å². The molecule has 8 heteroatoms. The number of allylic oxidation sites excluding steroid dienone is 1. The minimum Gasteiger partial charge on any atom is -0.494 e. The largest absolute Gasteiger partial charge is 0.494 e. The predicted molar refractivity (Wildman–Crippen MR) is 138 cm³/mol. The Morgan fingerprint density at radius 1 is 1.27 bits per heavy atom. The summed E-state index contributed by atoms with van der Waals surface area (Å²) in [5, 5.41) is 4.47. The molecule has 0 spiro atoms. The van der Waals surface area contributed by atoms with E-state index < -0.39 is 0 Å². The van der Waals surface area contributed by atoms with E-state index in [2.05, 4.69) is 36.0 Å². The maximum absolute atomic E-state index is 11.6. The highest BCUT2D eigenvalue weighted by Gasteiger charge is 2.17. The van der Waals surface area contributed by atoms with Crippen molar-refractivity contribution in [2.75, 3.05) is 26.0 Å². The third-order valence-corrected chi connectivity index (χ3v) is 6.25. The van der Waals surface area contributed by atoms with Crippen LogP contribution in [0.5, 0.6) is 11.5 Å². The summed E-state index contributed by atoms with van der Waals surface area (Å²) < 4.78 is 11.6. The first-order chi connectivity index (χ1) is 15.8. The van der Waals surface area contributed by atoms with Crippen molar-refractivity contribution in [2.45, 2.75) is 26.8 Å². The number of methoxy groups -OCH3 is 1. The number of nitrogens with one attached hydrogen (secondary N) is 1. The first-order valence-corrected chi connectivity index (χ1v) is 11.7. The highest BCUT2D eigenvalue weighted by molar-refractivity contribution is 8.17. The molecule has 0 unspecified atom stereocenters. The molecule has 1 aliphatic rings. The van der Waals surface area contributed by atoms with Crippen LogP contribution in [0.2, 0.25) is 0 Å². The van der Waals surface area contributed by atoms with E-state index >= 15 is 0 Å². The van der Waals surface area contributed by atoms with Gasteiger partial charge in [-0.1, -0.05) is 24.2 Å². The van der Waals surface area contributed by atoms with Crippen LogP contribution >= 0.6 is 23.4 Å². The average molecular weight is 486 g/mol. The van der Waals surface area contributed by atoms with Crippen LogP contribution < -0.4 is 14.8 Å². The zero-order valence-corrected chi connectivity index (χ0v) is 20.8. The molecule has 0 radical (unpaired) electrons. The molecule has 1 heterocycles. The van der Waals surface area contributed by atoms with Gasteiger partial charge in [-0.2, -0.15) is 0 Å². The van der Waals surface area contributed by atoms with Crippen LogP contribution in [-0.2, 0) is 17.8 Å². The third-order valence-electron chi connectivity index (χ3n) is 5.00. The summed E-state index contributed by atoms with van der Waals surface area (Å²) in [5.41, 5.74) is 3.95. The molecule has 1 aliphatic heterocycles. The van der Waals surface area contributed by atoms with Gasteiger partial charge in [-0.25, -0.2) is 4.99 Å². The van der Waals surface area contributed by atoms with Gasteiger partial charge in [-0.3, -0.25) is 4.79 Å². The number of hydrogen-bond acceptors (Lipinski definition) is 6. The topological polar surface area (TPSA) is 63.2 Å². The van der Waals surface area contributed by atoms with Gasteiger partial charge in [0.15, 0.2) is 5.09 Å². The Kier molecular flexibility index (Phi) is 8.61. The van der Waals surface area contributed by atoms with E-state index in [1.807, 2.05) is 6.92 Å². The molecule has 2 aromatic carbocycles. The van der Waals surface area contributed by atoms with Gasteiger partial charge < -0.3 is 19.7 Å². The highest BCUT2D eigenvalue weighted by Crippen LogP contribution is 2.36. The van der Waals surface area contributed by atoms with E-state index in [9.17, 15) is 4.79 Å². The van der Waals surface area contributed by atoms with Crippen LogP contribution in [0.15, 0.2) is 64.2 Å². The fourth-order valence-electron chi connectivity index (χ4n) is 3.39. The second-order valence-corrected chi connectivity index (χ2v) is 9.39. The summed E-state index contributed by atoms with van der Waals surface area (Å²) in [4.78, 5) is 18.6. The van der Waals surface area contributed by atoms with Crippen molar-refractivity contribution in [3.05, 3.63) is 70.3 Å². The zero-order valence-electron chi connectivity index (χ0n) is 19.3. The Bertz CT molecular complexity index is 1110. The Balaban J connectivity index is 1.79. The Morgan fingerprint density at radius 3 is 2.76 bits per heavy atom. The maximum atomic E-state index is 11.6. The Hall–Kier alpha value is -2.74. The molecule has 2 aromatic rings. The molecule has 0 fully saturated rings. The van der Waals surface area contributed by atoms with Crippen molar-refractivity contribution in [1.29, 1.82) is 0 Å². The summed E-state index contributed by atoms with van der Waals surface area (Å²) in [7, 11) is 3.78. The van der Waals surface area contributed by atoms with Gasteiger partial charge in [0.2, 0.25) is 5.91 Å². The highest BCUT2D eigenvalue weighted by atomic mass is 35.5. The molecule has 33 heavy (non-hydrogen) atoms. The number of amides is 1. The van der Waals surface area contributed by atoms with E-state index in [1.54, 1.807) is 38.3 Å². The number of carbonyl (C=O) groups is 1. The van der Waals surface area contributed by atoms with Gasteiger partial charge in [0.05, 0.1) is 17.2 Å². The summed E-state index contributed by atoms with van der Waals surface area (Å²) in [6, 6.07) is 11.2. The SMILES string of the molecule is C=CC(=O)Nc1cccc(OC(SC(C)=Nc2cc3c(cc2OC)CN(C)CC3)=C(C)Cl)c1. The number of hydrogen-bond donors (Lipinski definition) is 1. The number of ether oxygens (including phenoxy) is 2. The number of anilines is 1. The van der Waals surface area contributed by atoms with E-state index in [4.69, 9.17) is 26.1 Å². The van der Waals surface area contributed by atoms with Crippen molar-refractivity contribution in [1.82, 2.24) is 4.90 Å². The number of nitrogens with zero attached hydrogens (tertiary/aromatic N) is 2. The van der Waals surface area contributed by atoms with Crippen molar-refractivity contribution < 1.29 is 14.3 Å². The molecule has 0 aromatic heterocycles. The fraction of sp³-hybridized carbons (Fsp3) is 0.280. The molecule has 0 bridgehead atoms. The van der Waals surface area contributed by atoms with Crippen LogP contribution in [0, 0.1) is 0 Å². The lowest BCUT2D eigenvalue weighted by atomic mass is 9.99.